The fourth-order valence-corrected chi connectivity index (χ4v) is 0.972. The third kappa shape index (κ3) is 3.17. The molecule has 0 aliphatic carbocycles. The predicted octanol–water partition coefficient (Wildman–Crippen LogP) is 1.86. The molecule has 0 aromatic carbocycles. The lowest BCUT2D eigenvalue weighted by Gasteiger charge is -2.02. The van der Waals surface area contributed by atoms with Gasteiger partial charge in [0.25, 0.3) is 0 Å². The molecule has 1 heterocycles. The van der Waals surface area contributed by atoms with Gasteiger partial charge in [0.05, 0.1) is 6.61 Å². The first-order chi connectivity index (χ1) is 5.83. The molecule has 3 nitrogen and oxygen atoms in total. The standard InChI is InChI=1S/C8H10ClNO2/c1-11-6-12-5-7-2-3-10-8(9)4-7/h2-4H,5-6H2,1H3. The molecule has 0 bridgehead atoms. The Balaban J connectivity index is 2.41. The monoisotopic (exact) mass is 187 g/mol. The molecule has 0 unspecified atom stereocenters. The summed E-state index contributed by atoms with van der Waals surface area (Å²) in [7, 11) is 1.58. The minimum atomic E-state index is 0.292. The van der Waals surface area contributed by atoms with E-state index in [4.69, 9.17) is 21.1 Å². The zero-order valence-corrected chi connectivity index (χ0v) is 7.54. The first-order valence-corrected chi connectivity index (χ1v) is 3.88. The Kier molecular flexibility index (Phi) is 4.00. The van der Waals surface area contributed by atoms with Gasteiger partial charge in [-0.3, -0.25) is 0 Å². The fourth-order valence-electron chi connectivity index (χ4n) is 0.775. The molecule has 1 aromatic rings. The maximum Gasteiger partial charge on any atom is 0.146 e. The molecular formula is C8H10ClNO2. The van der Waals surface area contributed by atoms with Crippen molar-refractivity contribution in [3.63, 3.8) is 0 Å². The van der Waals surface area contributed by atoms with Crippen molar-refractivity contribution in [3.05, 3.63) is 29.0 Å². The van der Waals surface area contributed by atoms with Gasteiger partial charge in [0.1, 0.15) is 11.9 Å². The van der Waals surface area contributed by atoms with Gasteiger partial charge in [-0.15, -0.1) is 0 Å². The second kappa shape index (κ2) is 5.09. The molecule has 1 aromatic heterocycles. The van der Waals surface area contributed by atoms with Crippen molar-refractivity contribution >= 4 is 11.6 Å². The van der Waals surface area contributed by atoms with Crippen molar-refractivity contribution in [3.8, 4) is 0 Å². The number of ether oxygens (including phenoxy) is 2. The molecule has 1 rings (SSSR count). The number of pyridine rings is 1. The summed E-state index contributed by atoms with van der Waals surface area (Å²) in [5, 5.41) is 0.480. The maximum absolute atomic E-state index is 5.66. The summed E-state index contributed by atoms with van der Waals surface area (Å²) >= 11 is 5.66. The zero-order valence-electron chi connectivity index (χ0n) is 6.79. The van der Waals surface area contributed by atoms with Crippen LogP contribution >= 0.6 is 11.6 Å². The van der Waals surface area contributed by atoms with E-state index in [0.29, 0.717) is 18.6 Å². The van der Waals surface area contributed by atoms with Crippen LogP contribution in [0.4, 0.5) is 0 Å². The van der Waals surface area contributed by atoms with E-state index in [1.54, 1.807) is 19.4 Å². The van der Waals surface area contributed by atoms with Crippen LogP contribution in [0.15, 0.2) is 18.3 Å². The van der Waals surface area contributed by atoms with Gasteiger partial charge in [0, 0.05) is 13.3 Å². The summed E-state index contributed by atoms with van der Waals surface area (Å²) in [4.78, 5) is 3.85. The van der Waals surface area contributed by atoms with Crippen molar-refractivity contribution in [1.29, 1.82) is 0 Å². The quantitative estimate of drug-likeness (QED) is 0.410. The van der Waals surface area contributed by atoms with Gasteiger partial charge in [0.2, 0.25) is 0 Å². The first-order valence-electron chi connectivity index (χ1n) is 3.50. The Hall–Kier alpha value is -0.640. The molecule has 0 aliphatic rings. The number of methoxy groups -OCH3 is 1. The van der Waals surface area contributed by atoms with E-state index in [1.807, 2.05) is 6.07 Å². The molecule has 12 heavy (non-hydrogen) atoms. The largest absolute Gasteiger partial charge is 0.359 e. The van der Waals surface area contributed by atoms with Gasteiger partial charge in [-0.1, -0.05) is 11.6 Å². The van der Waals surface area contributed by atoms with Crippen LogP contribution < -0.4 is 0 Å². The van der Waals surface area contributed by atoms with Gasteiger partial charge >= 0.3 is 0 Å². The number of rotatable bonds is 4. The Morgan fingerprint density at radius 2 is 2.42 bits per heavy atom. The van der Waals surface area contributed by atoms with Crippen molar-refractivity contribution in [1.82, 2.24) is 4.98 Å². The summed E-state index contributed by atoms with van der Waals surface area (Å²) in [6, 6.07) is 3.61. The van der Waals surface area contributed by atoms with Crippen molar-refractivity contribution in [2.45, 2.75) is 6.61 Å². The second-order valence-corrected chi connectivity index (χ2v) is 2.63. The summed E-state index contributed by atoms with van der Waals surface area (Å²) in [6.45, 7) is 0.788. The third-order valence-corrected chi connectivity index (χ3v) is 1.47. The summed E-state index contributed by atoms with van der Waals surface area (Å²) in [6.07, 6.45) is 1.65. The van der Waals surface area contributed by atoms with Crippen LogP contribution in [0.1, 0.15) is 5.56 Å². The lowest BCUT2D eigenvalue weighted by molar-refractivity contribution is -0.0390. The summed E-state index contributed by atoms with van der Waals surface area (Å²) in [5.41, 5.74) is 0.993. The molecular weight excluding hydrogens is 178 g/mol. The van der Waals surface area contributed by atoms with Gasteiger partial charge in [0.15, 0.2) is 0 Å². The van der Waals surface area contributed by atoms with E-state index < -0.39 is 0 Å². The highest BCUT2D eigenvalue weighted by Crippen LogP contribution is 2.07. The Bertz CT molecular complexity index is 242. The highest BCUT2D eigenvalue weighted by molar-refractivity contribution is 6.29. The minimum Gasteiger partial charge on any atom is -0.359 e. The van der Waals surface area contributed by atoms with Crippen molar-refractivity contribution < 1.29 is 9.47 Å². The Morgan fingerprint density at radius 1 is 1.58 bits per heavy atom. The van der Waals surface area contributed by atoms with E-state index in [1.165, 1.54) is 0 Å². The van der Waals surface area contributed by atoms with Crippen LogP contribution in [0.2, 0.25) is 5.15 Å². The van der Waals surface area contributed by atoms with E-state index >= 15 is 0 Å². The SMILES string of the molecule is COCOCc1ccnc(Cl)c1. The Labute approximate surface area is 76.3 Å². The first kappa shape index (κ1) is 9.45. The molecule has 0 radical (unpaired) electrons. The van der Waals surface area contributed by atoms with Crippen LogP contribution in [-0.2, 0) is 16.1 Å². The molecule has 66 valence electrons. The number of aromatic nitrogens is 1. The average Bonchev–Trinajstić information content (AvgIpc) is 2.05. The van der Waals surface area contributed by atoms with Crippen molar-refractivity contribution in [2.75, 3.05) is 13.9 Å². The maximum atomic E-state index is 5.66. The molecule has 0 aliphatic heterocycles. The fraction of sp³-hybridized carbons (Fsp3) is 0.375. The van der Waals surface area contributed by atoms with Crippen LogP contribution in [0.5, 0.6) is 0 Å². The topological polar surface area (TPSA) is 31.4 Å². The van der Waals surface area contributed by atoms with Gasteiger partial charge in [-0.25, -0.2) is 4.98 Å². The third-order valence-electron chi connectivity index (χ3n) is 1.26. The molecule has 0 amide bonds. The number of hydrogen-bond acceptors (Lipinski definition) is 3. The van der Waals surface area contributed by atoms with Crippen LogP contribution in [0, 0.1) is 0 Å². The smallest absolute Gasteiger partial charge is 0.146 e. The summed E-state index contributed by atoms with van der Waals surface area (Å²) in [5.74, 6) is 0. The second-order valence-electron chi connectivity index (χ2n) is 2.24. The molecule has 0 spiro atoms. The summed E-state index contributed by atoms with van der Waals surface area (Å²) < 4.78 is 9.84. The number of nitrogens with zero attached hydrogens (tertiary/aromatic N) is 1. The zero-order chi connectivity index (χ0) is 8.81. The van der Waals surface area contributed by atoms with Crippen molar-refractivity contribution in [2.24, 2.45) is 0 Å². The van der Waals surface area contributed by atoms with Crippen LogP contribution in [-0.4, -0.2) is 18.9 Å². The number of hydrogen-bond donors (Lipinski definition) is 0. The van der Waals surface area contributed by atoms with E-state index in [9.17, 15) is 0 Å². The van der Waals surface area contributed by atoms with E-state index in [0.717, 1.165) is 5.56 Å². The molecule has 0 saturated carbocycles. The predicted molar refractivity (Wildman–Crippen MR) is 45.9 cm³/mol. The van der Waals surface area contributed by atoms with Crippen LogP contribution in [0.25, 0.3) is 0 Å². The Morgan fingerprint density at radius 3 is 3.08 bits per heavy atom. The van der Waals surface area contributed by atoms with Gasteiger partial charge in [-0.2, -0.15) is 0 Å². The normalized spacial score (nSPS) is 10.2. The molecule has 0 N–H and O–H groups in total. The highest BCUT2D eigenvalue weighted by atomic mass is 35.5. The highest BCUT2D eigenvalue weighted by Gasteiger charge is 1.94. The molecule has 0 atom stereocenters. The van der Waals surface area contributed by atoms with E-state index in [-0.39, 0.29) is 0 Å². The lowest BCUT2D eigenvalue weighted by atomic mass is 10.3. The average molecular weight is 188 g/mol. The molecule has 0 saturated heterocycles. The van der Waals surface area contributed by atoms with Gasteiger partial charge < -0.3 is 9.47 Å². The van der Waals surface area contributed by atoms with Gasteiger partial charge in [-0.05, 0) is 17.7 Å². The minimum absolute atomic E-state index is 0.292. The molecule has 0 fully saturated rings. The lowest BCUT2D eigenvalue weighted by Crippen LogP contribution is -1.96. The van der Waals surface area contributed by atoms with E-state index in [2.05, 4.69) is 4.98 Å². The number of halogens is 1. The van der Waals surface area contributed by atoms with Crippen LogP contribution in [0.3, 0.4) is 0 Å². The molecule has 4 heteroatoms.